The quantitative estimate of drug-likeness (QED) is 0.493. The molecule has 0 N–H and O–H groups in total. The van der Waals surface area contributed by atoms with E-state index >= 15 is 0 Å². The van der Waals surface area contributed by atoms with Crippen LogP contribution in [-0.2, 0) is 25.6 Å². The molecule has 0 bridgehead atoms. The summed E-state index contributed by atoms with van der Waals surface area (Å²) in [5.74, 6) is -2.57. The first kappa shape index (κ1) is 15.0. The molecule has 1 aliphatic rings. The monoisotopic (exact) mass is 312 g/mol. The van der Waals surface area contributed by atoms with Crippen molar-refractivity contribution in [2.75, 3.05) is 0 Å². The van der Waals surface area contributed by atoms with Crippen molar-refractivity contribution < 1.29 is 19.1 Å². The number of esters is 2. The maximum Gasteiger partial charge on any atom is 0.348 e. The highest BCUT2D eigenvalue weighted by molar-refractivity contribution is 6.18. The van der Waals surface area contributed by atoms with Gasteiger partial charge in [0.2, 0.25) is 0 Å². The summed E-state index contributed by atoms with van der Waals surface area (Å²) in [7, 11) is 0. The fourth-order valence-electron chi connectivity index (χ4n) is 2.26. The zero-order chi connectivity index (χ0) is 16.4. The van der Waals surface area contributed by atoms with Crippen molar-refractivity contribution in [3.05, 3.63) is 59.7 Å². The maximum absolute atomic E-state index is 11.9. The molecule has 0 unspecified atom stereocenters. The van der Waals surface area contributed by atoms with Gasteiger partial charge >= 0.3 is 11.9 Å². The second-order valence-corrected chi connectivity index (χ2v) is 5.71. The Balaban J connectivity index is 1.77. The van der Waals surface area contributed by atoms with Crippen molar-refractivity contribution >= 4 is 18.0 Å². The standard InChI is InChI=1S/C17H16N2O4/c1-17(2)22-15(20)14(16(21)23-17)9-12-3-5-13(6-4-12)10-19-8-7-18-11-19/h3-9,11H,10H2,1-2H3. The van der Waals surface area contributed by atoms with Crippen LogP contribution in [0.2, 0.25) is 0 Å². The Morgan fingerprint density at radius 2 is 1.78 bits per heavy atom. The topological polar surface area (TPSA) is 70.4 Å². The van der Waals surface area contributed by atoms with Crippen LogP contribution in [0.25, 0.3) is 6.08 Å². The number of hydrogen-bond donors (Lipinski definition) is 0. The lowest BCUT2D eigenvalue weighted by molar-refractivity contribution is -0.222. The Labute approximate surface area is 133 Å². The Morgan fingerprint density at radius 1 is 1.13 bits per heavy atom. The second kappa shape index (κ2) is 5.72. The number of carbonyl (C=O) groups excluding carboxylic acids is 2. The van der Waals surface area contributed by atoms with Crippen LogP contribution in [-0.4, -0.2) is 27.3 Å². The molecule has 1 aromatic carbocycles. The molecule has 6 heteroatoms. The van der Waals surface area contributed by atoms with E-state index in [1.54, 1.807) is 12.5 Å². The number of ether oxygens (including phenoxy) is 2. The third kappa shape index (κ3) is 3.48. The first-order chi connectivity index (χ1) is 10.9. The third-order valence-electron chi connectivity index (χ3n) is 3.33. The average molecular weight is 312 g/mol. The van der Waals surface area contributed by atoms with Gasteiger partial charge in [-0.3, -0.25) is 0 Å². The molecule has 0 radical (unpaired) electrons. The lowest BCUT2D eigenvalue weighted by Gasteiger charge is -2.29. The molecule has 0 spiro atoms. The molecule has 3 rings (SSSR count). The largest absolute Gasteiger partial charge is 0.419 e. The lowest BCUT2D eigenvalue weighted by Crippen LogP contribution is -2.41. The second-order valence-electron chi connectivity index (χ2n) is 5.71. The summed E-state index contributed by atoms with van der Waals surface area (Å²) < 4.78 is 12.1. The van der Waals surface area contributed by atoms with E-state index in [-0.39, 0.29) is 5.57 Å². The number of imidazole rings is 1. The van der Waals surface area contributed by atoms with E-state index in [0.29, 0.717) is 6.54 Å². The smallest absolute Gasteiger partial charge is 0.348 e. The molecular weight excluding hydrogens is 296 g/mol. The molecule has 23 heavy (non-hydrogen) atoms. The Hall–Kier alpha value is -2.89. The van der Waals surface area contributed by atoms with Crippen molar-refractivity contribution in [3.63, 3.8) is 0 Å². The summed E-state index contributed by atoms with van der Waals surface area (Å²) in [5.41, 5.74) is 1.70. The highest BCUT2D eigenvalue weighted by Gasteiger charge is 2.38. The molecule has 0 amide bonds. The first-order valence-corrected chi connectivity index (χ1v) is 7.16. The van der Waals surface area contributed by atoms with E-state index < -0.39 is 17.7 Å². The van der Waals surface area contributed by atoms with Gasteiger partial charge in [-0.15, -0.1) is 0 Å². The third-order valence-corrected chi connectivity index (χ3v) is 3.33. The van der Waals surface area contributed by atoms with Gasteiger partial charge in [0.05, 0.1) is 6.33 Å². The molecular formula is C17H16N2O4. The van der Waals surface area contributed by atoms with Crippen molar-refractivity contribution in [1.29, 1.82) is 0 Å². The van der Waals surface area contributed by atoms with E-state index in [9.17, 15) is 9.59 Å². The van der Waals surface area contributed by atoms with Crippen LogP contribution >= 0.6 is 0 Å². The van der Waals surface area contributed by atoms with E-state index in [1.807, 2.05) is 35.0 Å². The summed E-state index contributed by atoms with van der Waals surface area (Å²) in [5, 5.41) is 0. The molecule has 1 aromatic heterocycles. The van der Waals surface area contributed by atoms with Crippen molar-refractivity contribution in [3.8, 4) is 0 Å². The molecule has 1 aliphatic heterocycles. The lowest BCUT2D eigenvalue weighted by atomic mass is 10.1. The van der Waals surface area contributed by atoms with Crippen LogP contribution in [0.1, 0.15) is 25.0 Å². The average Bonchev–Trinajstić information content (AvgIpc) is 2.96. The number of benzene rings is 1. The SMILES string of the molecule is CC1(C)OC(=O)C(=Cc2ccc(Cn3ccnc3)cc2)C(=O)O1. The number of carbonyl (C=O) groups is 2. The molecule has 0 aliphatic carbocycles. The number of hydrogen-bond acceptors (Lipinski definition) is 5. The Morgan fingerprint density at radius 3 is 2.35 bits per heavy atom. The van der Waals surface area contributed by atoms with Crippen LogP contribution < -0.4 is 0 Å². The predicted octanol–water partition coefficient (Wildman–Crippen LogP) is 2.15. The Kier molecular flexibility index (Phi) is 3.73. The van der Waals surface area contributed by atoms with Gasteiger partial charge in [-0.1, -0.05) is 24.3 Å². The number of rotatable bonds is 3. The van der Waals surface area contributed by atoms with Gasteiger partial charge in [0.25, 0.3) is 5.79 Å². The zero-order valence-electron chi connectivity index (χ0n) is 12.9. The van der Waals surface area contributed by atoms with E-state index in [1.165, 1.54) is 19.9 Å². The van der Waals surface area contributed by atoms with Gasteiger partial charge in [0.15, 0.2) is 0 Å². The molecule has 2 heterocycles. The molecule has 0 atom stereocenters. The van der Waals surface area contributed by atoms with Gasteiger partial charge in [-0.25, -0.2) is 14.6 Å². The van der Waals surface area contributed by atoms with Gasteiger partial charge in [0, 0.05) is 32.8 Å². The molecule has 1 fully saturated rings. The van der Waals surface area contributed by atoms with Crippen LogP contribution in [0, 0.1) is 0 Å². The number of cyclic esters (lactones) is 2. The molecule has 1 saturated heterocycles. The van der Waals surface area contributed by atoms with Gasteiger partial charge in [0.1, 0.15) is 5.57 Å². The normalized spacial score (nSPS) is 16.7. The Bertz CT molecular complexity index is 736. The van der Waals surface area contributed by atoms with Crippen molar-refractivity contribution in [2.24, 2.45) is 0 Å². The van der Waals surface area contributed by atoms with Crippen LogP contribution in [0.3, 0.4) is 0 Å². The minimum absolute atomic E-state index is 0.105. The van der Waals surface area contributed by atoms with Crippen molar-refractivity contribution in [2.45, 2.75) is 26.2 Å². The summed E-state index contributed by atoms with van der Waals surface area (Å²) in [4.78, 5) is 27.8. The molecule has 6 nitrogen and oxygen atoms in total. The first-order valence-electron chi connectivity index (χ1n) is 7.16. The van der Waals surface area contributed by atoms with Crippen LogP contribution in [0.4, 0.5) is 0 Å². The fraction of sp³-hybridized carbons (Fsp3) is 0.235. The van der Waals surface area contributed by atoms with E-state index in [0.717, 1.165) is 11.1 Å². The van der Waals surface area contributed by atoms with Crippen LogP contribution in [0.5, 0.6) is 0 Å². The van der Waals surface area contributed by atoms with Gasteiger partial charge in [-0.05, 0) is 17.2 Å². The zero-order valence-corrected chi connectivity index (χ0v) is 12.9. The predicted molar refractivity (Wildman–Crippen MR) is 82.0 cm³/mol. The minimum Gasteiger partial charge on any atom is -0.419 e. The van der Waals surface area contributed by atoms with Crippen molar-refractivity contribution in [1.82, 2.24) is 9.55 Å². The molecule has 118 valence electrons. The maximum atomic E-state index is 11.9. The highest BCUT2D eigenvalue weighted by Crippen LogP contribution is 2.24. The summed E-state index contributed by atoms with van der Waals surface area (Å²) in [6.45, 7) is 3.74. The van der Waals surface area contributed by atoms with Crippen LogP contribution in [0.15, 0.2) is 48.6 Å². The molecule has 0 saturated carbocycles. The number of nitrogens with zero attached hydrogens (tertiary/aromatic N) is 2. The summed E-state index contributed by atoms with van der Waals surface area (Å²) in [6.07, 6.45) is 6.82. The summed E-state index contributed by atoms with van der Waals surface area (Å²) >= 11 is 0. The fourth-order valence-corrected chi connectivity index (χ4v) is 2.26. The van der Waals surface area contributed by atoms with E-state index in [4.69, 9.17) is 9.47 Å². The highest BCUT2D eigenvalue weighted by atomic mass is 16.7. The number of aromatic nitrogens is 2. The molecule has 2 aromatic rings. The summed E-state index contributed by atoms with van der Waals surface area (Å²) in [6, 6.07) is 7.52. The van der Waals surface area contributed by atoms with Gasteiger partial charge in [-0.2, -0.15) is 0 Å². The van der Waals surface area contributed by atoms with E-state index in [2.05, 4.69) is 4.98 Å². The van der Waals surface area contributed by atoms with Gasteiger partial charge < -0.3 is 14.0 Å². The minimum atomic E-state index is -1.22.